The molecule has 1 aromatic heterocycles. The van der Waals surface area contributed by atoms with Gasteiger partial charge in [-0.1, -0.05) is 0 Å². The monoisotopic (exact) mass is 288 g/mol. The van der Waals surface area contributed by atoms with Crippen LogP contribution in [0.5, 0.6) is 0 Å². The first-order valence-corrected chi connectivity index (χ1v) is 7.24. The summed E-state index contributed by atoms with van der Waals surface area (Å²) in [5.41, 5.74) is 0. The molecule has 0 spiro atoms. The van der Waals surface area contributed by atoms with Gasteiger partial charge in [0, 0.05) is 13.6 Å². The molecule has 0 bridgehead atoms. The first-order chi connectivity index (χ1) is 9.09. The second-order valence-corrected chi connectivity index (χ2v) is 5.91. The molecule has 2 rings (SSSR count). The van der Waals surface area contributed by atoms with E-state index in [2.05, 4.69) is 15.3 Å². The average molecular weight is 288 g/mol. The highest BCUT2D eigenvalue weighted by atomic mass is 32.2. The van der Waals surface area contributed by atoms with E-state index in [1.54, 1.807) is 7.05 Å². The van der Waals surface area contributed by atoms with Crippen molar-refractivity contribution < 1.29 is 18.3 Å². The molecule has 0 aromatic carbocycles. The topological polar surface area (TPSA) is 105 Å². The number of nitrogens with zero attached hydrogens (tertiary/aromatic N) is 3. The van der Waals surface area contributed by atoms with Gasteiger partial charge in [-0.25, -0.2) is 18.4 Å². The molecule has 8 nitrogen and oxygen atoms in total. The minimum Gasteiger partial charge on any atom is -0.395 e. The highest BCUT2D eigenvalue weighted by Gasteiger charge is 2.34. The summed E-state index contributed by atoms with van der Waals surface area (Å²) >= 11 is 0. The Hall–Kier alpha value is -1.29. The third-order valence-electron chi connectivity index (χ3n) is 2.84. The molecule has 0 aliphatic carbocycles. The van der Waals surface area contributed by atoms with E-state index < -0.39 is 16.1 Å². The van der Waals surface area contributed by atoms with Crippen LogP contribution >= 0.6 is 0 Å². The highest BCUT2D eigenvalue weighted by molar-refractivity contribution is 7.89. The number of nitrogens with one attached hydrogen (secondary N) is 1. The normalized spacial score (nSPS) is 21.3. The maximum Gasteiger partial charge on any atom is 0.246 e. The second-order valence-electron chi connectivity index (χ2n) is 4.02. The van der Waals surface area contributed by atoms with Crippen LogP contribution in [0.2, 0.25) is 0 Å². The molecule has 2 N–H and O–H groups in total. The third-order valence-corrected chi connectivity index (χ3v) is 4.75. The smallest absolute Gasteiger partial charge is 0.246 e. The molecule has 1 atom stereocenters. The lowest BCUT2D eigenvalue weighted by Gasteiger charge is -2.33. The Labute approximate surface area is 111 Å². The van der Waals surface area contributed by atoms with Crippen LogP contribution in [0.3, 0.4) is 0 Å². The Morgan fingerprint density at radius 1 is 1.53 bits per heavy atom. The van der Waals surface area contributed by atoms with Crippen LogP contribution in [0.1, 0.15) is 0 Å². The van der Waals surface area contributed by atoms with Crippen molar-refractivity contribution in [2.24, 2.45) is 0 Å². The van der Waals surface area contributed by atoms with Crippen LogP contribution in [0.15, 0.2) is 17.3 Å². The summed E-state index contributed by atoms with van der Waals surface area (Å²) in [6.07, 6.45) is 2.50. The molecule has 1 fully saturated rings. The number of rotatable bonds is 4. The lowest BCUT2D eigenvalue weighted by atomic mass is 10.3. The molecule has 0 saturated carbocycles. The zero-order chi connectivity index (χ0) is 13.9. The van der Waals surface area contributed by atoms with Crippen molar-refractivity contribution in [2.75, 3.05) is 38.7 Å². The molecule has 19 heavy (non-hydrogen) atoms. The summed E-state index contributed by atoms with van der Waals surface area (Å²) < 4.78 is 31.2. The fourth-order valence-electron chi connectivity index (χ4n) is 1.81. The fraction of sp³-hybridized carbons (Fsp3) is 0.600. The van der Waals surface area contributed by atoms with Gasteiger partial charge in [-0.2, -0.15) is 4.31 Å². The number of aromatic nitrogens is 2. The van der Waals surface area contributed by atoms with Crippen LogP contribution in [0, 0.1) is 0 Å². The van der Waals surface area contributed by atoms with Crippen molar-refractivity contribution in [3.63, 3.8) is 0 Å². The summed E-state index contributed by atoms with van der Waals surface area (Å²) in [5.74, 6) is 0.347. The molecular formula is C10H16N4O4S. The van der Waals surface area contributed by atoms with Gasteiger partial charge in [-0.15, -0.1) is 0 Å². The van der Waals surface area contributed by atoms with Gasteiger partial charge in [0.05, 0.1) is 38.3 Å². The van der Waals surface area contributed by atoms with Crippen molar-refractivity contribution in [1.82, 2.24) is 14.3 Å². The van der Waals surface area contributed by atoms with E-state index in [1.165, 1.54) is 16.7 Å². The summed E-state index contributed by atoms with van der Waals surface area (Å²) in [5, 5.41) is 11.9. The van der Waals surface area contributed by atoms with Crippen molar-refractivity contribution in [3.05, 3.63) is 12.4 Å². The van der Waals surface area contributed by atoms with Crippen molar-refractivity contribution in [2.45, 2.75) is 10.9 Å². The minimum absolute atomic E-state index is 0.00634. The van der Waals surface area contributed by atoms with Crippen LogP contribution in [-0.2, 0) is 14.8 Å². The number of aliphatic hydroxyl groups excluding tert-OH is 1. The number of hydrogen-bond donors (Lipinski definition) is 2. The Bertz CT molecular complexity index is 519. The van der Waals surface area contributed by atoms with Crippen LogP contribution < -0.4 is 5.32 Å². The van der Waals surface area contributed by atoms with Crippen molar-refractivity contribution in [3.8, 4) is 0 Å². The second kappa shape index (κ2) is 5.78. The largest absolute Gasteiger partial charge is 0.395 e. The van der Waals surface area contributed by atoms with Gasteiger partial charge in [0.2, 0.25) is 16.0 Å². The van der Waals surface area contributed by atoms with Crippen LogP contribution in [0.25, 0.3) is 0 Å². The average Bonchev–Trinajstić information content (AvgIpc) is 2.47. The molecule has 1 aromatic rings. The van der Waals surface area contributed by atoms with Gasteiger partial charge in [0.25, 0.3) is 0 Å². The Kier molecular flexibility index (Phi) is 4.30. The van der Waals surface area contributed by atoms with E-state index in [1.807, 2.05) is 0 Å². The number of anilines is 1. The molecule has 2 heterocycles. The van der Waals surface area contributed by atoms with Gasteiger partial charge >= 0.3 is 0 Å². The number of ether oxygens (including phenoxy) is 1. The van der Waals surface area contributed by atoms with E-state index >= 15 is 0 Å². The lowest BCUT2D eigenvalue weighted by Crippen LogP contribution is -2.50. The first kappa shape index (κ1) is 14.1. The third kappa shape index (κ3) is 2.84. The molecule has 106 valence electrons. The van der Waals surface area contributed by atoms with Crippen LogP contribution in [-0.4, -0.2) is 67.3 Å². The molecule has 9 heteroatoms. The maximum absolute atomic E-state index is 12.4. The van der Waals surface area contributed by atoms with Gasteiger partial charge in [-0.3, -0.25) is 0 Å². The molecule has 1 aliphatic rings. The molecule has 1 unspecified atom stereocenters. The number of morpholine rings is 1. The van der Waals surface area contributed by atoms with Gasteiger partial charge in [-0.05, 0) is 0 Å². The van der Waals surface area contributed by atoms with Crippen LogP contribution in [0.4, 0.5) is 5.95 Å². The predicted molar refractivity (Wildman–Crippen MR) is 67.2 cm³/mol. The summed E-state index contributed by atoms with van der Waals surface area (Å²) in [7, 11) is -2.06. The van der Waals surface area contributed by atoms with Gasteiger partial charge < -0.3 is 15.2 Å². The highest BCUT2D eigenvalue weighted by Crippen LogP contribution is 2.19. The fourth-order valence-corrected chi connectivity index (χ4v) is 3.29. The number of hydrogen-bond acceptors (Lipinski definition) is 7. The number of sulfonamides is 1. The standard InChI is InChI=1S/C10H16N4O4S/c1-11-10-12-4-9(5-13-10)19(16,17)14-2-3-18-7-8(14)6-15/h4-5,8,15H,2-3,6-7H2,1H3,(H,11,12,13). The zero-order valence-electron chi connectivity index (χ0n) is 10.5. The first-order valence-electron chi connectivity index (χ1n) is 5.80. The Morgan fingerprint density at radius 3 is 2.79 bits per heavy atom. The lowest BCUT2D eigenvalue weighted by molar-refractivity contribution is 0.0109. The zero-order valence-corrected chi connectivity index (χ0v) is 11.3. The predicted octanol–water partition coefficient (Wildman–Crippen LogP) is -1.10. The Morgan fingerprint density at radius 2 is 2.21 bits per heavy atom. The number of aliphatic hydroxyl groups is 1. The minimum atomic E-state index is -3.71. The molecule has 0 amide bonds. The van der Waals surface area contributed by atoms with E-state index in [0.29, 0.717) is 12.6 Å². The van der Waals surface area contributed by atoms with E-state index in [9.17, 15) is 13.5 Å². The molecular weight excluding hydrogens is 272 g/mol. The summed E-state index contributed by atoms with van der Waals surface area (Å²) in [6, 6.07) is -0.567. The SMILES string of the molecule is CNc1ncc(S(=O)(=O)N2CCOCC2CO)cn1. The van der Waals surface area contributed by atoms with Gasteiger partial charge in [0.1, 0.15) is 4.90 Å². The van der Waals surface area contributed by atoms with Crippen molar-refractivity contribution >= 4 is 16.0 Å². The summed E-state index contributed by atoms with van der Waals surface area (Å²) in [6.45, 7) is 0.423. The van der Waals surface area contributed by atoms with Crippen molar-refractivity contribution in [1.29, 1.82) is 0 Å². The molecule has 1 aliphatic heterocycles. The summed E-state index contributed by atoms with van der Waals surface area (Å²) in [4.78, 5) is 7.78. The van der Waals surface area contributed by atoms with E-state index in [4.69, 9.17) is 4.74 Å². The van der Waals surface area contributed by atoms with Gasteiger partial charge in [0.15, 0.2) is 0 Å². The van der Waals surface area contributed by atoms with E-state index in [-0.39, 0.29) is 24.7 Å². The molecule has 1 saturated heterocycles. The maximum atomic E-state index is 12.4. The molecule has 0 radical (unpaired) electrons. The Balaban J connectivity index is 2.29. The van der Waals surface area contributed by atoms with E-state index in [0.717, 1.165) is 0 Å². The quantitative estimate of drug-likeness (QED) is 0.724.